The third-order valence-corrected chi connectivity index (χ3v) is 7.95. The highest BCUT2D eigenvalue weighted by Crippen LogP contribution is 2.52. The molecule has 1 aliphatic carbocycles. The molecule has 2 atom stereocenters. The van der Waals surface area contributed by atoms with E-state index < -0.39 is 0 Å². The molecule has 0 bridgehead atoms. The molecule has 192 valence electrons. The zero-order valence-electron chi connectivity index (χ0n) is 21.8. The molecule has 1 saturated heterocycles. The van der Waals surface area contributed by atoms with E-state index >= 15 is 0 Å². The Hall–Kier alpha value is -3.51. The average molecular weight is 498 g/mol. The molecule has 37 heavy (non-hydrogen) atoms. The van der Waals surface area contributed by atoms with Crippen molar-refractivity contribution in [2.75, 3.05) is 20.2 Å². The van der Waals surface area contributed by atoms with Gasteiger partial charge in [-0.3, -0.25) is 14.6 Å². The Balaban J connectivity index is 1.35. The minimum atomic E-state index is -0.266. The number of carbonyl (C=O) groups is 2. The molecule has 2 aliphatic rings. The zero-order valence-corrected chi connectivity index (χ0v) is 21.8. The topological polar surface area (TPSA) is 71.5 Å². The van der Waals surface area contributed by atoms with E-state index in [1.807, 2.05) is 23.1 Å². The Morgan fingerprint density at radius 2 is 1.68 bits per heavy atom. The Bertz CT molecular complexity index is 1250. The van der Waals surface area contributed by atoms with Crippen LogP contribution in [0.2, 0.25) is 0 Å². The Morgan fingerprint density at radius 3 is 2.32 bits per heavy atom. The first-order valence-corrected chi connectivity index (χ1v) is 13.1. The van der Waals surface area contributed by atoms with Crippen molar-refractivity contribution < 1.29 is 14.3 Å². The molecule has 0 unspecified atom stereocenters. The van der Waals surface area contributed by atoms with Crippen LogP contribution in [0.4, 0.5) is 0 Å². The quantitative estimate of drug-likeness (QED) is 0.523. The lowest BCUT2D eigenvalue weighted by Crippen LogP contribution is -2.51. The van der Waals surface area contributed by atoms with Gasteiger partial charge in [0.1, 0.15) is 0 Å². The van der Waals surface area contributed by atoms with Crippen molar-refractivity contribution in [3.63, 3.8) is 0 Å². The molecule has 1 N–H and O–H groups in total. The minimum Gasteiger partial charge on any atom is -0.378 e. The van der Waals surface area contributed by atoms with Crippen LogP contribution in [0.3, 0.4) is 0 Å². The number of hydrogen-bond acceptors (Lipinski definition) is 4. The minimum absolute atomic E-state index is 0.0775. The highest BCUT2D eigenvalue weighted by molar-refractivity contribution is 5.95. The van der Waals surface area contributed by atoms with Crippen LogP contribution in [0, 0.1) is 5.92 Å². The van der Waals surface area contributed by atoms with Crippen molar-refractivity contribution in [1.29, 1.82) is 0 Å². The standard InChI is InChI=1S/C31H35N3O3/c1-21(2)20-22-8-10-24(11-9-22)30(36)34-18-14-31(15-19-34)26-7-5-4-6-25(26)27(28(31)37-3)33-29(35)23-12-16-32-17-13-23/h4-13,16-17,21,27-28H,14-15,18-20H2,1-3H3,(H,33,35)/t27-,28+/m1/s1. The lowest BCUT2D eigenvalue weighted by Gasteiger charge is -2.44. The summed E-state index contributed by atoms with van der Waals surface area (Å²) < 4.78 is 6.13. The molecule has 5 rings (SSSR count). The number of methoxy groups -OCH3 is 1. The molecular weight excluding hydrogens is 462 g/mol. The summed E-state index contributed by atoms with van der Waals surface area (Å²) in [6.07, 6.45) is 5.60. The lowest BCUT2D eigenvalue weighted by atomic mass is 9.71. The van der Waals surface area contributed by atoms with E-state index in [9.17, 15) is 9.59 Å². The first-order valence-electron chi connectivity index (χ1n) is 13.1. The summed E-state index contributed by atoms with van der Waals surface area (Å²) in [6.45, 7) is 5.69. The molecule has 0 saturated carbocycles. The van der Waals surface area contributed by atoms with Gasteiger partial charge < -0.3 is 15.0 Å². The number of piperidine rings is 1. The van der Waals surface area contributed by atoms with Crippen LogP contribution in [0.5, 0.6) is 0 Å². The summed E-state index contributed by atoms with van der Waals surface area (Å²) in [5.41, 5.74) is 4.61. The number of rotatable bonds is 6. The summed E-state index contributed by atoms with van der Waals surface area (Å²) in [5.74, 6) is 0.518. The van der Waals surface area contributed by atoms with E-state index in [2.05, 4.69) is 54.5 Å². The summed E-state index contributed by atoms with van der Waals surface area (Å²) in [5, 5.41) is 3.23. The Kier molecular flexibility index (Phi) is 7.11. The normalized spacial score (nSPS) is 20.2. The second-order valence-corrected chi connectivity index (χ2v) is 10.7. The molecule has 0 radical (unpaired) electrons. The van der Waals surface area contributed by atoms with Crippen LogP contribution in [-0.2, 0) is 16.6 Å². The van der Waals surface area contributed by atoms with Crippen LogP contribution < -0.4 is 5.32 Å². The van der Waals surface area contributed by atoms with Gasteiger partial charge in [-0.15, -0.1) is 0 Å². The molecule has 1 fully saturated rings. The van der Waals surface area contributed by atoms with Crippen LogP contribution in [0.25, 0.3) is 0 Å². The van der Waals surface area contributed by atoms with Crippen LogP contribution >= 0.6 is 0 Å². The van der Waals surface area contributed by atoms with Gasteiger partial charge in [0.05, 0.1) is 12.1 Å². The molecule has 6 heteroatoms. The van der Waals surface area contributed by atoms with E-state index in [1.54, 1.807) is 31.6 Å². The first-order chi connectivity index (χ1) is 17.9. The third kappa shape index (κ3) is 4.78. The third-order valence-electron chi connectivity index (χ3n) is 7.95. The van der Waals surface area contributed by atoms with Gasteiger partial charge in [-0.25, -0.2) is 0 Å². The average Bonchev–Trinajstić information content (AvgIpc) is 3.17. The summed E-state index contributed by atoms with van der Waals surface area (Å²) >= 11 is 0. The smallest absolute Gasteiger partial charge is 0.253 e. The zero-order chi connectivity index (χ0) is 26.0. The van der Waals surface area contributed by atoms with E-state index in [0.29, 0.717) is 24.6 Å². The van der Waals surface area contributed by atoms with Crippen LogP contribution in [0.1, 0.15) is 70.1 Å². The summed E-state index contributed by atoms with van der Waals surface area (Å²) in [6, 6.07) is 19.5. The molecule has 2 heterocycles. The first kappa shape index (κ1) is 25.2. The number of nitrogens with zero attached hydrogens (tertiary/aromatic N) is 2. The fourth-order valence-electron chi connectivity index (χ4n) is 6.20. The van der Waals surface area contributed by atoms with Crippen molar-refractivity contribution in [3.05, 3.63) is 101 Å². The number of amides is 2. The fraction of sp³-hybridized carbons (Fsp3) is 0.387. The number of pyridine rings is 1. The Labute approximate surface area is 219 Å². The molecule has 3 aromatic rings. The number of carbonyl (C=O) groups excluding carboxylic acids is 2. The maximum absolute atomic E-state index is 13.3. The van der Waals surface area contributed by atoms with Crippen molar-refractivity contribution in [2.24, 2.45) is 5.92 Å². The van der Waals surface area contributed by atoms with Gasteiger partial charge in [-0.2, -0.15) is 0 Å². The van der Waals surface area contributed by atoms with Gasteiger partial charge in [0.15, 0.2) is 0 Å². The van der Waals surface area contributed by atoms with Gasteiger partial charge >= 0.3 is 0 Å². The van der Waals surface area contributed by atoms with E-state index in [-0.39, 0.29) is 29.4 Å². The van der Waals surface area contributed by atoms with E-state index in [4.69, 9.17) is 4.74 Å². The molecule has 1 aliphatic heterocycles. The predicted octanol–water partition coefficient (Wildman–Crippen LogP) is 4.95. The number of hydrogen-bond donors (Lipinski definition) is 1. The number of benzene rings is 2. The predicted molar refractivity (Wildman–Crippen MR) is 143 cm³/mol. The highest BCUT2D eigenvalue weighted by atomic mass is 16.5. The van der Waals surface area contributed by atoms with Gasteiger partial charge in [0.25, 0.3) is 11.8 Å². The van der Waals surface area contributed by atoms with Crippen molar-refractivity contribution in [1.82, 2.24) is 15.2 Å². The molecule has 6 nitrogen and oxygen atoms in total. The maximum atomic E-state index is 13.3. The SMILES string of the molecule is CO[C@H]1[C@H](NC(=O)c2ccncc2)c2ccccc2C12CCN(C(=O)c1ccc(CC(C)C)cc1)CC2. The van der Waals surface area contributed by atoms with E-state index in [0.717, 1.165) is 30.4 Å². The van der Waals surface area contributed by atoms with E-state index in [1.165, 1.54) is 11.1 Å². The second-order valence-electron chi connectivity index (χ2n) is 10.7. The molecule has 1 spiro atoms. The lowest BCUT2D eigenvalue weighted by molar-refractivity contribution is -0.00929. The number of fused-ring (bicyclic) bond motifs is 2. The maximum Gasteiger partial charge on any atom is 0.253 e. The number of nitrogens with one attached hydrogen (secondary N) is 1. The van der Waals surface area contributed by atoms with Crippen molar-refractivity contribution in [2.45, 2.75) is 50.7 Å². The van der Waals surface area contributed by atoms with Crippen molar-refractivity contribution >= 4 is 11.8 Å². The number of aromatic nitrogens is 1. The summed E-state index contributed by atoms with van der Waals surface area (Å²) in [4.78, 5) is 32.4. The largest absolute Gasteiger partial charge is 0.378 e. The molecular formula is C31H35N3O3. The second kappa shape index (κ2) is 10.5. The summed E-state index contributed by atoms with van der Waals surface area (Å²) in [7, 11) is 1.72. The van der Waals surface area contributed by atoms with Gasteiger partial charge in [0, 0.05) is 49.1 Å². The van der Waals surface area contributed by atoms with Crippen LogP contribution in [-0.4, -0.2) is 48.0 Å². The van der Waals surface area contributed by atoms with Crippen molar-refractivity contribution in [3.8, 4) is 0 Å². The molecule has 1 aromatic heterocycles. The monoisotopic (exact) mass is 497 g/mol. The number of likely N-dealkylation sites (tertiary alicyclic amines) is 1. The Morgan fingerprint density at radius 1 is 1.00 bits per heavy atom. The number of ether oxygens (including phenoxy) is 1. The fourth-order valence-corrected chi connectivity index (χ4v) is 6.20. The van der Waals surface area contributed by atoms with Gasteiger partial charge in [0.2, 0.25) is 0 Å². The van der Waals surface area contributed by atoms with Crippen LogP contribution in [0.15, 0.2) is 73.1 Å². The van der Waals surface area contributed by atoms with Gasteiger partial charge in [-0.1, -0.05) is 50.2 Å². The molecule has 2 aromatic carbocycles. The highest BCUT2D eigenvalue weighted by Gasteiger charge is 2.54. The van der Waals surface area contributed by atoms with Gasteiger partial charge in [-0.05, 0) is 66.1 Å². The molecule has 2 amide bonds.